The van der Waals surface area contributed by atoms with Crippen LogP contribution in [0.3, 0.4) is 0 Å². The third kappa shape index (κ3) is 4.02. The van der Waals surface area contributed by atoms with Gasteiger partial charge in [0, 0.05) is 14.6 Å². The second-order valence-corrected chi connectivity index (χ2v) is 8.75. The van der Waals surface area contributed by atoms with E-state index < -0.39 is 15.7 Å². The van der Waals surface area contributed by atoms with Gasteiger partial charge in [0.1, 0.15) is 0 Å². The molecular formula is C17H11Br2NO4S. The smallest absolute Gasteiger partial charge is 0.291 e. The van der Waals surface area contributed by atoms with Gasteiger partial charge in [-0.05, 0) is 60.7 Å². The van der Waals surface area contributed by atoms with E-state index in [4.69, 9.17) is 4.42 Å². The quantitative estimate of drug-likeness (QED) is 0.571. The summed E-state index contributed by atoms with van der Waals surface area (Å²) in [4.78, 5) is 12.3. The zero-order chi connectivity index (χ0) is 18.0. The molecule has 128 valence electrons. The number of halogens is 2. The van der Waals surface area contributed by atoms with Gasteiger partial charge in [-0.1, -0.05) is 31.9 Å². The molecule has 3 rings (SSSR count). The van der Waals surface area contributed by atoms with Crippen molar-refractivity contribution in [3.8, 4) is 0 Å². The molecule has 0 aliphatic heterocycles. The van der Waals surface area contributed by atoms with Gasteiger partial charge >= 0.3 is 0 Å². The summed E-state index contributed by atoms with van der Waals surface area (Å²) in [6, 6.07) is 15.8. The van der Waals surface area contributed by atoms with E-state index in [2.05, 4.69) is 37.2 Å². The summed E-state index contributed by atoms with van der Waals surface area (Å²) in [6.07, 6.45) is 0. The van der Waals surface area contributed by atoms with Crippen LogP contribution >= 0.6 is 31.9 Å². The molecule has 0 bridgehead atoms. The number of sulfone groups is 1. The predicted molar refractivity (Wildman–Crippen MR) is 100 cm³/mol. The van der Waals surface area contributed by atoms with Crippen molar-refractivity contribution in [2.75, 3.05) is 5.32 Å². The van der Waals surface area contributed by atoms with E-state index in [-0.39, 0.29) is 15.7 Å². The first-order chi connectivity index (χ1) is 11.9. The van der Waals surface area contributed by atoms with Gasteiger partial charge in [0.05, 0.1) is 4.90 Å². The first-order valence-electron chi connectivity index (χ1n) is 7.04. The average Bonchev–Trinajstić information content (AvgIpc) is 3.08. The lowest BCUT2D eigenvalue weighted by molar-refractivity contribution is 0.0991. The molecule has 0 unspecified atom stereocenters. The molecule has 0 radical (unpaired) electrons. The van der Waals surface area contributed by atoms with E-state index in [1.165, 1.54) is 24.3 Å². The molecule has 0 aliphatic carbocycles. The van der Waals surface area contributed by atoms with Gasteiger partial charge in [-0.25, -0.2) is 8.42 Å². The van der Waals surface area contributed by atoms with Crippen LogP contribution in [0.15, 0.2) is 84.0 Å². The first-order valence-corrected chi connectivity index (χ1v) is 10.1. The fourth-order valence-electron chi connectivity index (χ4n) is 2.04. The highest BCUT2D eigenvalue weighted by atomic mass is 79.9. The van der Waals surface area contributed by atoms with Gasteiger partial charge in [0.2, 0.25) is 14.9 Å². The van der Waals surface area contributed by atoms with Gasteiger partial charge in [-0.3, -0.25) is 4.79 Å². The second-order valence-electron chi connectivity index (χ2n) is 5.04. The molecule has 5 nitrogen and oxygen atoms in total. The van der Waals surface area contributed by atoms with Gasteiger partial charge in [0.15, 0.2) is 5.76 Å². The number of benzene rings is 2. The Bertz CT molecular complexity index is 1010. The third-order valence-electron chi connectivity index (χ3n) is 3.30. The lowest BCUT2D eigenvalue weighted by Gasteiger charge is -2.03. The fraction of sp³-hybridized carbons (Fsp3) is 0. The zero-order valence-electron chi connectivity index (χ0n) is 12.6. The number of nitrogens with one attached hydrogen (secondary N) is 1. The standard InChI is InChI=1S/C17H11Br2NO4S/c18-11-1-5-13(6-2-11)20-17(21)15-9-10-16(24-15)25(22,23)14-7-3-12(19)4-8-14/h1-10H,(H,20,21). The molecule has 1 amide bonds. The fourth-order valence-corrected chi connectivity index (χ4v) is 3.74. The summed E-state index contributed by atoms with van der Waals surface area (Å²) >= 11 is 6.56. The molecular weight excluding hydrogens is 474 g/mol. The largest absolute Gasteiger partial charge is 0.439 e. The van der Waals surface area contributed by atoms with Crippen molar-refractivity contribution in [2.45, 2.75) is 9.99 Å². The van der Waals surface area contributed by atoms with Crippen molar-refractivity contribution in [3.05, 3.63) is 75.4 Å². The Morgan fingerprint density at radius 2 is 1.40 bits per heavy atom. The van der Waals surface area contributed by atoms with Crippen LogP contribution in [-0.4, -0.2) is 14.3 Å². The van der Waals surface area contributed by atoms with E-state index in [0.29, 0.717) is 5.69 Å². The number of carbonyl (C=O) groups excluding carboxylic acids is 1. The third-order valence-corrected chi connectivity index (χ3v) is 6.00. The van der Waals surface area contributed by atoms with Gasteiger partial charge in [-0.15, -0.1) is 0 Å². The number of carbonyl (C=O) groups is 1. The monoisotopic (exact) mass is 483 g/mol. The molecule has 1 aromatic heterocycles. The summed E-state index contributed by atoms with van der Waals surface area (Å²) < 4.78 is 32.0. The van der Waals surface area contributed by atoms with Crippen molar-refractivity contribution in [1.82, 2.24) is 0 Å². The van der Waals surface area contributed by atoms with Crippen molar-refractivity contribution >= 4 is 53.3 Å². The Kier molecular flexibility index (Phi) is 5.12. The van der Waals surface area contributed by atoms with Crippen LogP contribution in [0.2, 0.25) is 0 Å². The Labute approximate surface area is 161 Å². The van der Waals surface area contributed by atoms with Gasteiger partial charge in [-0.2, -0.15) is 0 Å². The SMILES string of the molecule is O=C(Nc1ccc(Br)cc1)c1ccc(S(=O)(=O)c2ccc(Br)cc2)o1. The lowest BCUT2D eigenvalue weighted by Crippen LogP contribution is -2.10. The molecule has 25 heavy (non-hydrogen) atoms. The summed E-state index contributed by atoms with van der Waals surface area (Å²) in [5, 5.41) is 2.36. The molecule has 1 heterocycles. The molecule has 8 heteroatoms. The minimum atomic E-state index is -3.82. The Hall–Kier alpha value is -1.90. The summed E-state index contributed by atoms with van der Waals surface area (Å²) in [7, 11) is -3.82. The van der Waals surface area contributed by atoms with E-state index in [9.17, 15) is 13.2 Å². The first kappa shape index (κ1) is 17.9. The predicted octanol–water partition coefficient (Wildman–Crippen LogP) is 4.89. The topological polar surface area (TPSA) is 76.4 Å². The normalized spacial score (nSPS) is 11.3. The highest BCUT2D eigenvalue weighted by Crippen LogP contribution is 2.25. The Balaban J connectivity index is 1.82. The molecule has 0 spiro atoms. The molecule has 2 aromatic carbocycles. The summed E-state index contributed by atoms with van der Waals surface area (Å²) in [6.45, 7) is 0. The average molecular weight is 485 g/mol. The lowest BCUT2D eigenvalue weighted by atomic mass is 10.3. The Morgan fingerprint density at radius 3 is 2.00 bits per heavy atom. The summed E-state index contributed by atoms with van der Waals surface area (Å²) in [5.41, 5.74) is 0.571. The maximum Gasteiger partial charge on any atom is 0.291 e. The van der Waals surface area contributed by atoms with E-state index >= 15 is 0 Å². The van der Waals surface area contributed by atoms with E-state index in [1.807, 2.05) is 0 Å². The maximum absolute atomic E-state index is 12.5. The molecule has 0 saturated carbocycles. The minimum absolute atomic E-state index is 0.0846. The molecule has 0 saturated heterocycles. The zero-order valence-corrected chi connectivity index (χ0v) is 16.6. The van der Waals surface area contributed by atoms with Crippen LogP contribution < -0.4 is 5.32 Å². The highest BCUT2D eigenvalue weighted by Gasteiger charge is 2.23. The molecule has 0 fully saturated rings. The van der Waals surface area contributed by atoms with Crippen molar-refractivity contribution in [1.29, 1.82) is 0 Å². The highest BCUT2D eigenvalue weighted by molar-refractivity contribution is 9.10. The number of furan rings is 1. The van der Waals surface area contributed by atoms with Gasteiger partial charge in [0.25, 0.3) is 5.91 Å². The summed E-state index contributed by atoms with van der Waals surface area (Å²) in [5.74, 6) is -0.613. The number of hydrogen-bond donors (Lipinski definition) is 1. The van der Waals surface area contributed by atoms with Crippen molar-refractivity contribution in [3.63, 3.8) is 0 Å². The Morgan fingerprint density at radius 1 is 0.840 bits per heavy atom. The molecule has 1 N–H and O–H groups in total. The van der Waals surface area contributed by atoms with Crippen LogP contribution in [0.1, 0.15) is 10.6 Å². The van der Waals surface area contributed by atoms with Crippen LogP contribution in [0.5, 0.6) is 0 Å². The molecule has 0 aliphatic rings. The van der Waals surface area contributed by atoms with Crippen LogP contribution in [0, 0.1) is 0 Å². The maximum atomic E-state index is 12.5. The number of hydrogen-bond acceptors (Lipinski definition) is 4. The minimum Gasteiger partial charge on any atom is -0.439 e. The second kappa shape index (κ2) is 7.15. The van der Waals surface area contributed by atoms with Crippen LogP contribution in [0.25, 0.3) is 0 Å². The van der Waals surface area contributed by atoms with Crippen LogP contribution in [0.4, 0.5) is 5.69 Å². The van der Waals surface area contributed by atoms with Crippen LogP contribution in [-0.2, 0) is 9.84 Å². The van der Waals surface area contributed by atoms with Crippen molar-refractivity contribution in [2.24, 2.45) is 0 Å². The molecule has 3 aromatic rings. The van der Waals surface area contributed by atoms with E-state index in [1.54, 1.807) is 36.4 Å². The number of amides is 1. The number of anilines is 1. The van der Waals surface area contributed by atoms with Gasteiger partial charge < -0.3 is 9.73 Å². The number of rotatable bonds is 4. The molecule has 0 atom stereocenters. The van der Waals surface area contributed by atoms with Crippen molar-refractivity contribution < 1.29 is 17.6 Å². The van der Waals surface area contributed by atoms with E-state index in [0.717, 1.165) is 8.95 Å².